The Morgan fingerprint density at radius 1 is 1.00 bits per heavy atom. The maximum atomic E-state index is 13.6. The Morgan fingerprint density at radius 2 is 1.81 bits per heavy atom. The number of nitrogen functional groups attached to an aromatic ring is 1. The third-order valence-electron chi connectivity index (χ3n) is 4.33. The quantitative estimate of drug-likeness (QED) is 0.616. The molecule has 2 aromatic carbocycles. The zero-order valence-electron chi connectivity index (χ0n) is 14.0. The number of rotatable bonds is 4. The van der Waals surface area contributed by atoms with E-state index in [4.69, 9.17) is 5.73 Å². The average Bonchev–Trinajstić information content (AvgIpc) is 2.96. The van der Waals surface area contributed by atoms with Crippen molar-refractivity contribution >= 4 is 16.7 Å². The minimum Gasteiger partial charge on any atom is -0.394 e. The highest BCUT2D eigenvalue weighted by molar-refractivity contribution is 5.76. The Morgan fingerprint density at radius 3 is 2.62 bits per heavy atom. The second-order valence-corrected chi connectivity index (χ2v) is 6.13. The number of pyridine rings is 1. The molecule has 26 heavy (non-hydrogen) atoms. The lowest BCUT2D eigenvalue weighted by Gasteiger charge is -2.11. The predicted molar refractivity (Wildman–Crippen MR) is 99.5 cm³/mol. The molecule has 2 aromatic heterocycles. The van der Waals surface area contributed by atoms with Gasteiger partial charge in [0.1, 0.15) is 11.6 Å². The van der Waals surface area contributed by atoms with E-state index in [1.807, 2.05) is 34.9 Å². The van der Waals surface area contributed by atoms with Crippen LogP contribution >= 0.6 is 0 Å². The van der Waals surface area contributed by atoms with Gasteiger partial charge in [0, 0.05) is 18.8 Å². The summed E-state index contributed by atoms with van der Waals surface area (Å²) in [6, 6.07) is 17.8. The molecule has 0 atom stereocenters. The van der Waals surface area contributed by atoms with E-state index in [1.54, 1.807) is 24.4 Å². The number of hydrogen-bond donors (Lipinski definition) is 1. The van der Waals surface area contributed by atoms with Crippen molar-refractivity contribution in [2.24, 2.45) is 0 Å². The Labute approximate surface area is 149 Å². The van der Waals surface area contributed by atoms with E-state index in [2.05, 4.69) is 4.98 Å². The van der Waals surface area contributed by atoms with E-state index >= 15 is 0 Å². The van der Waals surface area contributed by atoms with Crippen LogP contribution in [0.3, 0.4) is 0 Å². The highest BCUT2D eigenvalue weighted by Crippen LogP contribution is 2.20. The number of hydrogen-bond acceptors (Lipinski definition) is 3. The molecule has 0 radical (unpaired) electrons. The van der Waals surface area contributed by atoms with Gasteiger partial charge in [-0.05, 0) is 29.8 Å². The van der Waals surface area contributed by atoms with Gasteiger partial charge in [-0.1, -0.05) is 30.3 Å². The molecule has 0 aliphatic carbocycles. The molecule has 0 saturated heterocycles. The number of nitrogens with zero attached hydrogens (tertiary/aromatic N) is 3. The highest BCUT2D eigenvalue weighted by atomic mass is 19.1. The Hall–Kier alpha value is -3.41. The molecule has 5 nitrogen and oxygen atoms in total. The molecule has 130 valence electrons. The zero-order chi connectivity index (χ0) is 18.1. The van der Waals surface area contributed by atoms with Crippen LogP contribution in [0.2, 0.25) is 0 Å². The van der Waals surface area contributed by atoms with Crippen molar-refractivity contribution in [2.45, 2.75) is 13.1 Å². The Bertz CT molecular complexity index is 1130. The lowest BCUT2D eigenvalue weighted by atomic mass is 10.2. The lowest BCUT2D eigenvalue weighted by molar-refractivity contribution is 0.629. The largest absolute Gasteiger partial charge is 0.394 e. The van der Waals surface area contributed by atoms with E-state index in [0.29, 0.717) is 17.9 Å². The van der Waals surface area contributed by atoms with Crippen LogP contribution in [-0.2, 0) is 13.1 Å². The molecule has 6 heteroatoms. The fourth-order valence-electron chi connectivity index (χ4n) is 3.05. The van der Waals surface area contributed by atoms with Gasteiger partial charge in [-0.25, -0.2) is 9.37 Å². The number of fused-ring (bicyclic) bond motifs is 1. The van der Waals surface area contributed by atoms with Crippen LogP contribution in [0, 0.1) is 5.82 Å². The molecule has 0 fully saturated rings. The third kappa shape index (κ3) is 2.97. The summed E-state index contributed by atoms with van der Waals surface area (Å²) >= 11 is 0. The smallest absolute Gasteiger partial charge is 0.274 e. The van der Waals surface area contributed by atoms with Crippen LogP contribution in [0.5, 0.6) is 0 Å². The molecule has 0 saturated carbocycles. The first-order valence-electron chi connectivity index (χ1n) is 8.25. The lowest BCUT2D eigenvalue weighted by Crippen LogP contribution is -2.24. The van der Waals surface area contributed by atoms with E-state index in [1.165, 1.54) is 16.7 Å². The number of benzene rings is 2. The molecule has 0 amide bonds. The van der Waals surface area contributed by atoms with Gasteiger partial charge in [0.25, 0.3) is 5.56 Å². The van der Waals surface area contributed by atoms with Crippen molar-refractivity contribution in [1.29, 1.82) is 0 Å². The summed E-state index contributed by atoms with van der Waals surface area (Å²) in [6.07, 6.45) is 1.67. The van der Waals surface area contributed by atoms with Crippen LogP contribution < -0.4 is 11.3 Å². The van der Waals surface area contributed by atoms with Crippen LogP contribution in [0.4, 0.5) is 10.1 Å². The summed E-state index contributed by atoms with van der Waals surface area (Å²) in [6.45, 7) is 0.836. The Balaban J connectivity index is 1.83. The normalized spacial score (nSPS) is 11.1. The monoisotopic (exact) mass is 348 g/mol. The number of nitrogens with two attached hydrogens (primary N) is 1. The summed E-state index contributed by atoms with van der Waals surface area (Å²) in [5.74, 6) is 0.330. The summed E-state index contributed by atoms with van der Waals surface area (Å²) in [5, 5.41) is 0. The van der Waals surface area contributed by atoms with Gasteiger partial charge in [0.2, 0.25) is 0 Å². The fraction of sp³-hybridized carbons (Fsp3) is 0.100. The summed E-state index contributed by atoms with van der Waals surface area (Å²) in [5.41, 5.74) is 8.12. The standard InChI is InChI=1S/C20H17FN4O/c21-15-8-9-18-17(11-15)23-19(13-24-10-4-7-16(22)20(24)26)25(18)12-14-5-2-1-3-6-14/h1-11H,12-13,22H2. The predicted octanol–water partition coefficient (Wildman–Crippen LogP) is 3.02. The fourth-order valence-corrected chi connectivity index (χ4v) is 3.05. The van der Waals surface area contributed by atoms with Crippen molar-refractivity contribution < 1.29 is 4.39 Å². The summed E-state index contributed by atoms with van der Waals surface area (Å²) in [7, 11) is 0. The SMILES string of the molecule is Nc1cccn(Cc2nc3cc(F)ccc3n2Cc2ccccc2)c1=O. The molecule has 4 rings (SSSR count). The zero-order valence-corrected chi connectivity index (χ0v) is 14.0. The van der Waals surface area contributed by atoms with Gasteiger partial charge in [-0.2, -0.15) is 0 Å². The molecular weight excluding hydrogens is 331 g/mol. The minimum absolute atomic E-state index is 0.185. The van der Waals surface area contributed by atoms with Crippen LogP contribution in [-0.4, -0.2) is 14.1 Å². The molecule has 0 spiro atoms. The molecule has 0 aliphatic rings. The van der Waals surface area contributed by atoms with Crippen molar-refractivity contribution in [2.75, 3.05) is 5.73 Å². The summed E-state index contributed by atoms with van der Waals surface area (Å²) in [4.78, 5) is 16.8. The minimum atomic E-state index is -0.338. The van der Waals surface area contributed by atoms with Gasteiger partial charge in [0.15, 0.2) is 0 Å². The van der Waals surface area contributed by atoms with E-state index < -0.39 is 0 Å². The number of imidazole rings is 1. The molecule has 0 unspecified atom stereocenters. The Kier molecular flexibility index (Phi) is 4.01. The van der Waals surface area contributed by atoms with Gasteiger partial charge in [-0.3, -0.25) is 4.79 Å². The second kappa shape index (κ2) is 6.48. The van der Waals surface area contributed by atoms with Crippen molar-refractivity contribution in [1.82, 2.24) is 14.1 Å². The number of halogens is 1. The summed E-state index contributed by atoms with van der Waals surface area (Å²) < 4.78 is 17.1. The van der Waals surface area contributed by atoms with Crippen LogP contribution in [0.25, 0.3) is 11.0 Å². The van der Waals surface area contributed by atoms with E-state index in [0.717, 1.165) is 11.1 Å². The van der Waals surface area contributed by atoms with Crippen molar-refractivity contribution in [3.05, 3.63) is 94.4 Å². The van der Waals surface area contributed by atoms with Gasteiger partial charge >= 0.3 is 0 Å². The van der Waals surface area contributed by atoms with Crippen molar-refractivity contribution in [3.63, 3.8) is 0 Å². The molecule has 0 bridgehead atoms. The number of aromatic nitrogens is 3. The molecule has 2 heterocycles. The van der Waals surface area contributed by atoms with Gasteiger partial charge < -0.3 is 14.9 Å². The van der Waals surface area contributed by atoms with Gasteiger partial charge in [-0.15, -0.1) is 0 Å². The van der Waals surface area contributed by atoms with Crippen LogP contribution in [0.15, 0.2) is 71.7 Å². The van der Waals surface area contributed by atoms with E-state index in [9.17, 15) is 9.18 Å². The second-order valence-electron chi connectivity index (χ2n) is 6.13. The first-order valence-corrected chi connectivity index (χ1v) is 8.25. The van der Waals surface area contributed by atoms with Crippen molar-refractivity contribution in [3.8, 4) is 0 Å². The molecule has 4 aromatic rings. The molecule has 0 aliphatic heterocycles. The topological polar surface area (TPSA) is 65.8 Å². The average molecular weight is 348 g/mol. The highest BCUT2D eigenvalue weighted by Gasteiger charge is 2.13. The van der Waals surface area contributed by atoms with E-state index in [-0.39, 0.29) is 23.6 Å². The number of anilines is 1. The van der Waals surface area contributed by atoms with Gasteiger partial charge in [0.05, 0.1) is 23.3 Å². The molecule has 2 N–H and O–H groups in total. The third-order valence-corrected chi connectivity index (χ3v) is 4.33. The maximum absolute atomic E-state index is 13.6. The van der Waals surface area contributed by atoms with Crippen LogP contribution in [0.1, 0.15) is 11.4 Å². The first kappa shape index (κ1) is 16.1. The first-order chi connectivity index (χ1) is 12.6. The molecular formula is C20H17FN4O. The maximum Gasteiger partial charge on any atom is 0.274 e.